The van der Waals surface area contributed by atoms with Crippen molar-refractivity contribution in [3.63, 3.8) is 0 Å². The van der Waals surface area contributed by atoms with E-state index in [1.807, 2.05) is 13.0 Å². The van der Waals surface area contributed by atoms with Gasteiger partial charge in [-0.2, -0.15) is 4.37 Å². The van der Waals surface area contributed by atoms with Crippen molar-refractivity contribution in [2.45, 2.75) is 44.6 Å². The number of hydrogen-bond donors (Lipinski definition) is 2. The molecule has 2 rings (SSSR count). The lowest BCUT2D eigenvalue weighted by molar-refractivity contribution is -0.120. The van der Waals surface area contributed by atoms with Crippen molar-refractivity contribution in [1.29, 1.82) is 0 Å². The molecule has 0 saturated heterocycles. The van der Waals surface area contributed by atoms with Crippen molar-refractivity contribution in [3.8, 4) is 0 Å². The van der Waals surface area contributed by atoms with Gasteiger partial charge in [0.1, 0.15) is 5.00 Å². The van der Waals surface area contributed by atoms with Crippen molar-refractivity contribution in [2.75, 3.05) is 5.32 Å². The van der Waals surface area contributed by atoms with Crippen molar-refractivity contribution >= 4 is 22.4 Å². The average molecular weight is 240 g/mol. The van der Waals surface area contributed by atoms with Crippen molar-refractivity contribution in [2.24, 2.45) is 0 Å². The van der Waals surface area contributed by atoms with Gasteiger partial charge in [0.2, 0.25) is 5.91 Å². The minimum Gasteiger partial charge on any atom is -0.389 e. The van der Waals surface area contributed by atoms with Gasteiger partial charge in [0, 0.05) is 0 Å². The van der Waals surface area contributed by atoms with E-state index in [1.54, 1.807) is 0 Å². The fourth-order valence-corrected chi connectivity index (χ4v) is 2.79. The summed E-state index contributed by atoms with van der Waals surface area (Å²) in [5.41, 5.74) is 0.129. The van der Waals surface area contributed by atoms with Crippen LogP contribution in [0.4, 0.5) is 5.00 Å². The van der Waals surface area contributed by atoms with Crippen LogP contribution in [0.5, 0.6) is 0 Å². The lowest BCUT2D eigenvalue weighted by atomic mass is 9.98. The number of aliphatic hydroxyl groups is 1. The molecule has 0 bridgehead atoms. The lowest BCUT2D eigenvalue weighted by Crippen LogP contribution is -2.30. The third-order valence-corrected chi connectivity index (χ3v) is 3.71. The van der Waals surface area contributed by atoms with Crippen LogP contribution in [-0.2, 0) is 4.79 Å². The average Bonchev–Trinajstić information content (AvgIpc) is 2.75. The maximum Gasteiger partial charge on any atom is 0.227 e. The van der Waals surface area contributed by atoms with Gasteiger partial charge in [-0.15, -0.1) is 0 Å². The standard InChI is InChI=1S/C11H16N2O2S/c1-8-6-10(16-13-8)12-9(14)7-11(15)4-2-3-5-11/h6,15H,2-5,7H2,1H3,(H,12,14). The van der Waals surface area contributed by atoms with Crippen molar-refractivity contribution < 1.29 is 9.90 Å². The molecule has 0 radical (unpaired) electrons. The Labute approximate surface area is 98.9 Å². The van der Waals surface area contributed by atoms with Crippen LogP contribution in [0.3, 0.4) is 0 Å². The third-order valence-electron chi connectivity index (χ3n) is 2.91. The highest BCUT2D eigenvalue weighted by Crippen LogP contribution is 2.32. The van der Waals surface area contributed by atoms with Gasteiger partial charge >= 0.3 is 0 Å². The molecule has 1 aliphatic rings. The molecular weight excluding hydrogens is 224 g/mol. The minimum absolute atomic E-state index is 0.118. The minimum atomic E-state index is -0.774. The van der Waals surface area contributed by atoms with Crippen LogP contribution in [0, 0.1) is 6.92 Å². The zero-order valence-electron chi connectivity index (χ0n) is 9.32. The largest absolute Gasteiger partial charge is 0.389 e. The molecule has 1 amide bonds. The number of aryl methyl sites for hydroxylation is 1. The quantitative estimate of drug-likeness (QED) is 0.850. The zero-order chi connectivity index (χ0) is 11.6. The Hall–Kier alpha value is -0.940. The number of hydrogen-bond acceptors (Lipinski definition) is 4. The first-order chi connectivity index (χ1) is 7.57. The molecule has 88 valence electrons. The monoisotopic (exact) mass is 240 g/mol. The normalized spacial score (nSPS) is 18.6. The lowest BCUT2D eigenvalue weighted by Gasteiger charge is -2.20. The number of carbonyl (C=O) groups is 1. The number of carbonyl (C=O) groups excluding carboxylic acids is 1. The van der Waals surface area contributed by atoms with Crippen LogP contribution in [0.2, 0.25) is 0 Å². The number of nitrogens with zero attached hydrogens (tertiary/aromatic N) is 1. The smallest absolute Gasteiger partial charge is 0.227 e. The predicted octanol–water partition coefficient (Wildman–Crippen LogP) is 2.09. The van der Waals surface area contributed by atoms with E-state index < -0.39 is 5.60 Å². The zero-order valence-corrected chi connectivity index (χ0v) is 10.1. The maximum atomic E-state index is 11.7. The molecule has 0 aliphatic heterocycles. The number of rotatable bonds is 3. The first kappa shape index (κ1) is 11.5. The van der Waals surface area contributed by atoms with Crippen LogP contribution >= 0.6 is 11.5 Å². The maximum absolute atomic E-state index is 11.7. The van der Waals surface area contributed by atoms with Crippen molar-refractivity contribution in [3.05, 3.63) is 11.8 Å². The highest BCUT2D eigenvalue weighted by Gasteiger charge is 2.33. The summed E-state index contributed by atoms with van der Waals surface area (Å²) in [4.78, 5) is 11.7. The van der Waals surface area contributed by atoms with Crippen LogP contribution in [0.1, 0.15) is 37.8 Å². The highest BCUT2D eigenvalue weighted by atomic mass is 32.1. The Morgan fingerprint density at radius 2 is 2.31 bits per heavy atom. The molecule has 1 fully saturated rings. The fourth-order valence-electron chi connectivity index (χ4n) is 2.11. The van der Waals surface area contributed by atoms with Gasteiger partial charge in [0.05, 0.1) is 17.7 Å². The van der Waals surface area contributed by atoms with Gasteiger partial charge in [-0.25, -0.2) is 0 Å². The molecule has 1 aromatic heterocycles. The van der Waals surface area contributed by atoms with Gasteiger partial charge < -0.3 is 10.4 Å². The summed E-state index contributed by atoms with van der Waals surface area (Å²) >= 11 is 1.27. The van der Waals surface area contributed by atoms with E-state index in [-0.39, 0.29) is 12.3 Å². The van der Waals surface area contributed by atoms with Crippen LogP contribution < -0.4 is 5.32 Å². The molecule has 0 atom stereocenters. The van der Waals surface area contributed by atoms with E-state index in [9.17, 15) is 9.90 Å². The summed E-state index contributed by atoms with van der Waals surface area (Å²) < 4.78 is 4.08. The number of nitrogens with one attached hydrogen (secondary N) is 1. The second kappa shape index (κ2) is 4.51. The van der Waals surface area contributed by atoms with E-state index in [4.69, 9.17) is 0 Å². The Morgan fingerprint density at radius 1 is 1.62 bits per heavy atom. The molecule has 0 spiro atoms. The molecule has 1 heterocycles. The molecule has 2 N–H and O–H groups in total. The van der Waals surface area contributed by atoms with E-state index in [2.05, 4.69) is 9.69 Å². The molecule has 1 saturated carbocycles. The topological polar surface area (TPSA) is 62.2 Å². The summed E-state index contributed by atoms with van der Waals surface area (Å²) in [6.45, 7) is 1.89. The molecule has 5 heteroatoms. The Kier molecular flexibility index (Phi) is 3.25. The molecule has 1 aromatic rings. The SMILES string of the molecule is Cc1cc(NC(=O)CC2(O)CCCC2)sn1. The highest BCUT2D eigenvalue weighted by molar-refractivity contribution is 7.10. The second-order valence-electron chi connectivity index (χ2n) is 4.49. The van der Waals surface area contributed by atoms with E-state index in [0.29, 0.717) is 0 Å². The Balaban J connectivity index is 1.89. The van der Waals surface area contributed by atoms with Crippen molar-refractivity contribution in [1.82, 2.24) is 4.37 Å². The summed E-state index contributed by atoms with van der Waals surface area (Å²) in [5, 5.41) is 13.6. The Bertz CT molecular complexity index is 383. The molecular formula is C11H16N2O2S. The predicted molar refractivity (Wildman–Crippen MR) is 63.5 cm³/mol. The fraction of sp³-hybridized carbons (Fsp3) is 0.636. The number of anilines is 1. The van der Waals surface area contributed by atoms with E-state index in [0.717, 1.165) is 36.4 Å². The Morgan fingerprint density at radius 3 is 2.88 bits per heavy atom. The summed E-state index contributed by atoms with van der Waals surface area (Å²) in [7, 11) is 0. The van der Waals surface area contributed by atoms with Gasteiger partial charge in [0.15, 0.2) is 0 Å². The van der Waals surface area contributed by atoms with Crippen LogP contribution in [-0.4, -0.2) is 21.0 Å². The van der Waals surface area contributed by atoms with E-state index >= 15 is 0 Å². The van der Waals surface area contributed by atoms with Gasteiger partial charge in [0.25, 0.3) is 0 Å². The van der Waals surface area contributed by atoms with Gasteiger partial charge in [-0.3, -0.25) is 4.79 Å². The molecule has 0 aromatic carbocycles. The van der Waals surface area contributed by atoms with E-state index in [1.165, 1.54) is 11.5 Å². The van der Waals surface area contributed by atoms with Gasteiger partial charge in [-0.05, 0) is 37.4 Å². The first-order valence-corrected chi connectivity index (χ1v) is 6.30. The number of aromatic nitrogens is 1. The molecule has 16 heavy (non-hydrogen) atoms. The van der Waals surface area contributed by atoms with Crippen LogP contribution in [0.15, 0.2) is 6.07 Å². The second-order valence-corrected chi connectivity index (χ2v) is 5.29. The molecule has 0 unspecified atom stereocenters. The summed E-state index contributed by atoms with van der Waals surface area (Å²) in [6.07, 6.45) is 3.71. The third kappa shape index (κ3) is 2.80. The first-order valence-electron chi connectivity index (χ1n) is 5.53. The number of amides is 1. The molecule has 4 nitrogen and oxygen atoms in total. The van der Waals surface area contributed by atoms with Gasteiger partial charge in [-0.1, -0.05) is 12.8 Å². The molecule has 1 aliphatic carbocycles. The summed E-state index contributed by atoms with van der Waals surface area (Å²) in [6, 6.07) is 1.83. The van der Waals surface area contributed by atoms with Crippen LogP contribution in [0.25, 0.3) is 0 Å². The summed E-state index contributed by atoms with van der Waals surface area (Å²) in [5.74, 6) is -0.118.